The molecule has 0 radical (unpaired) electrons. The molecule has 0 amide bonds. The Bertz CT molecular complexity index is 314. The predicted molar refractivity (Wildman–Crippen MR) is 68.4 cm³/mol. The molecule has 1 saturated heterocycles. The highest BCUT2D eigenvalue weighted by molar-refractivity contribution is 5.30. The zero-order valence-corrected chi connectivity index (χ0v) is 11.1. The Kier molecular flexibility index (Phi) is 2.43. The molecule has 1 aliphatic heterocycles. The molecule has 0 aromatic heterocycles. The summed E-state index contributed by atoms with van der Waals surface area (Å²) in [5.74, 6) is 1.95. The predicted octanol–water partition coefficient (Wildman–Crippen LogP) is 3.46. The van der Waals surface area contributed by atoms with Gasteiger partial charge in [0.1, 0.15) is 0 Å². The van der Waals surface area contributed by atoms with E-state index in [1.165, 1.54) is 45.3 Å². The first-order chi connectivity index (χ1) is 7.68. The lowest BCUT2D eigenvalue weighted by Gasteiger charge is -2.47. The number of likely N-dealkylation sites (tertiary alicyclic amines) is 1. The summed E-state index contributed by atoms with van der Waals surface area (Å²) < 4.78 is 0. The fourth-order valence-corrected chi connectivity index (χ4v) is 4.90. The Labute approximate surface area is 99.9 Å². The SMILES string of the molecule is CCN1C[C@H]2CC[C@@H](C1)C21CCC(C)=C1C. The average Bonchev–Trinajstić information content (AvgIpc) is 2.68. The largest absolute Gasteiger partial charge is 0.303 e. The fourth-order valence-electron chi connectivity index (χ4n) is 4.90. The van der Waals surface area contributed by atoms with Crippen molar-refractivity contribution in [3.8, 4) is 0 Å². The number of rotatable bonds is 1. The van der Waals surface area contributed by atoms with Gasteiger partial charge in [0.15, 0.2) is 0 Å². The van der Waals surface area contributed by atoms with E-state index in [2.05, 4.69) is 25.7 Å². The van der Waals surface area contributed by atoms with Crippen LogP contribution in [0.25, 0.3) is 0 Å². The quantitative estimate of drug-likeness (QED) is 0.610. The topological polar surface area (TPSA) is 3.24 Å². The lowest BCUT2D eigenvalue weighted by atomic mass is 9.65. The third-order valence-corrected chi connectivity index (χ3v) is 5.98. The molecule has 90 valence electrons. The first-order valence-corrected chi connectivity index (χ1v) is 7.07. The van der Waals surface area contributed by atoms with E-state index in [-0.39, 0.29) is 0 Å². The molecule has 16 heavy (non-hydrogen) atoms. The fraction of sp³-hybridized carbons (Fsp3) is 0.867. The van der Waals surface area contributed by atoms with Gasteiger partial charge in [0.2, 0.25) is 0 Å². The Morgan fingerprint density at radius 1 is 1.19 bits per heavy atom. The molecule has 1 heterocycles. The highest BCUT2D eigenvalue weighted by Gasteiger charge is 2.55. The minimum absolute atomic E-state index is 0.649. The van der Waals surface area contributed by atoms with Crippen LogP contribution in [0.1, 0.15) is 46.5 Å². The summed E-state index contributed by atoms with van der Waals surface area (Å²) in [6, 6.07) is 0. The van der Waals surface area contributed by atoms with Crippen molar-refractivity contribution in [2.45, 2.75) is 46.5 Å². The lowest BCUT2D eigenvalue weighted by Crippen LogP contribution is -2.48. The monoisotopic (exact) mass is 219 g/mol. The van der Waals surface area contributed by atoms with E-state index in [1.54, 1.807) is 11.1 Å². The van der Waals surface area contributed by atoms with Crippen LogP contribution in [-0.2, 0) is 0 Å². The minimum Gasteiger partial charge on any atom is -0.303 e. The number of allylic oxidation sites excluding steroid dienone is 2. The van der Waals surface area contributed by atoms with Crippen molar-refractivity contribution in [2.24, 2.45) is 17.3 Å². The van der Waals surface area contributed by atoms with E-state index < -0.39 is 0 Å². The summed E-state index contributed by atoms with van der Waals surface area (Å²) in [6.45, 7) is 11.1. The molecule has 1 nitrogen and oxygen atoms in total. The highest BCUT2D eigenvalue weighted by Crippen LogP contribution is 2.61. The summed E-state index contributed by atoms with van der Waals surface area (Å²) in [7, 11) is 0. The van der Waals surface area contributed by atoms with E-state index in [9.17, 15) is 0 Å². The second kappa shape index (κ2) is 3.60. The molecule has 1 unspecified atom stereocenters. The molecule has 2 fully saturated rings. The van der Waals surface area contributed by atoms with Gasteiger partial charge in [-0.3, -0.25) is 0 Å². The summed E-state index contributed by atoms with van der Waals surface area (Å²) in [4.78, 5) is 2.69. The molecule has 2 bridgehead atoms. The van der Waals surface area contributed by atoms with Gasteiger partial charge in [-0.1, -0.05) is 18.1 Å². The Balaban J connectivity index is 1.94. The van der Waals surface area contributed by atoms with E-state index in [4.69, 9.17) is 0 Å². The van der Waals surface area contributed by atoms with Gasteiger partial charge < -0.3 is 4.90 Å². The van der Waals surface area contributed by atoms with Crippen LogP contribution in [0.5, 0.6) is 0 Å². The van der Waals surface area contributed by atoms with Crippen LogP contribution in [0.4, 0.5) is 0 Å². The van der Waals surface area contributed by atoms with Gasteiger partial charge in [0, 0.05) is 13.1 Å². The van der Waals surface area contributed by atoms with Crippen LogP contribution in [0.3, 0.4) is 0 Å². The Morgan fingerprint density at radius 2 is 1.81 bits per heavy atom. The van der Waals surface area contributed by atoms with Crippen molar-refractivity contribution in [1.82, 2.24) is 4.90 Å². The smallest absolute Gasteiger partial charge is 0.00182 e. The summed E-state index contributed by atoms with van der Waals surface area (Å²) >= 11 is 0. The second-order valence-electron chi connectivity index (χ2n) is 6.27. The van der Waals surface area contributed by atoms with Crippen LogP contribution in [0.2, 0.25) is 0 Å². The van der Waals surface area contributed by atoms with E-state index in [1.807, 2.05) is 0 Å². The zero-order chi connectivity index (χ0) is 11.3. The van der Waals surface area contributed by atoms with E-state index in [0.717, 1.165) is 11.8 Å². The van der Waals surface area contributed by atoms with Crippen molar-refractivity contribution < 1.29 is 0 Å². The molecule has 3 rings (SSSR count). The van der Waals surface area contributed by atoms with Gasteiger partial charge in [-0.25, -0.2) is 0 Å². The molecule has 3 atom stereocenters. The lowest BCUT2D eigenvalue weighted by molar-refractivity contribution is 0.0515. The number of piperidine rings is 1. The van der Waals surface area contributed by atoms with Gasteiger partial charge in [-0.2, -0.15) is 0 Å². The average molecular weight is 219 g/mol. The van der Waals surface area contributed by atoms with Crippen LogP contribution in [-0.4, -0.2) is 24.5 Å². The van der Waals surface area contributed by atoms with Crippen molar-refractivity contribution in [2.75, 3.05) is 19.6 Å². The van der Waals surface area contributed by atoms with Crippen molar-refractivity contribution in [3.63, 3.8) is 0 Å². The summed E-state index contributed by atoms with van der Waals surface area (Å²) in [5.41, 5.74) is 4.15. The maximum atomic E-state index is 2.69. The second-order valence-corrected chi connectivity index (χ2v) is 6.27. The van der Waals surface area contributed by atoms with Gasteiger partial charge in [-0.05, 0) is 63.3 Å². The first kappa shape index (κ1) is 10.8. The molecule has 0 N–H and O–H groups in total. The van der Waals surface area contributed by atoms with Crippen LogP contribution >= 0.6 is 0 Å². The normalized spacial score (nSPS) is 43.7. The molecular weight excluding hydrogens is 194 g/mol. The van der Waals surface area contributed by atoms with Gasteiger partial charge in [-0.15, -0.1) is 0 Å². The maximum absolute atomic E-state index is 2.69. The van der Waals surface area contributed by atoms with Gasteiger partial charge in [0.25, 0.3) is 0 Å². The standard InChI is InChI=1S/C15H25N/c1-4-16-9-13-5-6-14(10-16)15(13)8-7-11(2)12(15)3/h13-14H,4-10H2,1-3H3/t13-,14+,15?. The number of nitrogens with zero attached hydrogens (tertiary/aromatic N) is 1. The minimum atomic E-state index is 0.649. The van der Waals surface area contributed by atoms with Crippen molar-refractivity contribution >= 4 is 0 Å². The number of hydrogen-bond acceptors (Lipinski definition) is 1. The summed E-state index contributed by atoms with van der Waals surface area (Å²) in [6.07, 6.45) is 5.83. The molecule has 1 spiro atoms. The Morgan fingerprint density at radius 3 is 2.25 bits per heavy atom. The van der Waals surface area contributed by atoms with Gasteiger partial charge in [0.05, 0.1) is 0 Å². The molecule has 1 saturated carbocycles. The molecule has 3 aliphatic rings. The third kappa shape index (κ3) is 1.21. The van der Waals surface area contributed by atoms with Crippen LogP contribution in [0.15, 0.2) is 11.1 Å². The molecule has 0 aromatic carbocycles. The van der Waals surface area contributed by atoms with Crippen molar-refractivity contribution in [3.05, 3.63) is 11.1 Å². The number of hydrogen-bond donors (Lipinski definition) is 0. The van der Waals surface area contributed by atoms with E-state index >= 15 is 0 Å². The highest BCUT2D eigenvalue weighted by atomic mass is 15.1. The van der Waals surface area contributed by atoms with Crippen molar-refractivity contribution in [1.29, 1.82) is 0 Å². The van der Waals surface area contributed by atoms with E-state index in [0.29, 0.717) is 5.41 Å². The molecule has 0 aromatic rings. The zero-order valence-electron chi connectivity index (χ0n) is 11.1. The first-order valence-electron chi connectivity index (χ1n) is 7.07. The van der Waals surface area contributed by atoms with Crippen LogP contribution in [0, 0.1) is 17.3 Å². The molecule has 2 aliphatic carbocycles. The summed E-state index contributed by atoms with van der Waals surface area (Å²) in [5, 5.41) is 0. The van der Waals surface area contributed by atoms with Crippen LogP contribution < -0.4 is 0 Å². The van der Waals surface area contributed by atoms with Gasteiger partial charge >= 0.3 is 0 Å². The molecule has 1 heteroatoms. The molecular formula is C15H25N. The Hall–Kier alpha value is -0.300. The maximum Gasteiger partial charge on any atom is 0.00182 e. The third-order valence-electron chi connectivity index (χ3n) is 5.98.